The highest BCUT2D eigenvalue weighted by Crippen LogP contribution is 2.20. The number of para-hydroxylation sites is 1. The van der Waals surface area contributed by atoms with Gasteiger partial charge >= 0.3 is 6.03 Å². The van der Waals surface area contributed by atoms with E-state index in [0.717, 1.165) is 22.6 Å². The van der Waals surface area contributed by atoms with Gasteiger partial charge in [0, 0.05) is 17.8 Å². The summed E-state index contributed by atoms with van der Waals surface area (Å²) < 4.78 is 5.31. The maximum Gasteiger partial charge on any atom is 0.322 e. The summed E-state index contributed by atoms with van der Waals surface area (Å²) in [5.41, 5.74) is 2.75. The van der Waals surface area contributed by atoms with Gasteiger partial charge in [0.15, 0.2) is 0 Å². The molecule has 122 valence electrons. The molecule has 0 aromatic heterocycles. The number of aryl methyl sites for hydroxylation is 1. The summed E-state index contributed by atoms with van der Waals surface area (Å²) in [5, 5.41) is 12.1. The van der Waals surface area contributed by atoms with Crippen molar-refractivity contribution in [3.05, 3.63) is 59.7 Å². The molecule has 0 saturated carbocycles. The molecule has 2 aromatic carbocycles. The van der Waals surface area contributed by atoms with Crippen LogP contribution in [0.4, 0.5) is 10.5 Å². The predicted octanol–water partition coefficient (Wildman–Crippen LogP) is 3.03. The summed E-state index contributed by atoms with van der Waals surface area (Å²) in [6.45, 7) is 2.50. The van der Waals surface area contributed by atoms with E-state index < -0.39 is 0 Å². The summed E-state index contributed by atoms with van der Waals surface area (Å²) in [6.07, 6.45) is 0. The van der Waals surface area contributed by atoms with Gasteiger partial charge in [0.25, 0.3) is 0 Å². The van der Waals surface area contributed by atoms with E-state index in [4.69, 9.17) is 4.74 Å². The number of carbonyl (C=O) groups excluding carboxylic acids is 1. The van der Waals surface area contributed by atoms with Gasteiger partial charge in [-0.05, 0) is 25.1 Å². The van der Waals surface area contributed by atoms with Gasteiger partial charge < -0.3 is 20.1 Å². The van der Waals surface area contributed by atoms with Crippen LogP contribution in [0.1, 0.15) is 11.1 Å². The molecule has 0 heterocycles. The predicted molar refractivity (Wildman–Crippen MR) is 90.7 cm³/mol. The van der Waals surface area contributed by atoms with Crippen molar-refractivity contribution in [2.24, 2.45) is 0 Å². The number of nitrogens with one attached hydrogen (secondary N) is 1. The smallest absolute Gasteiger partial charge is 0.322 e. The number of aliphatic hydroxyl groups excluding tert-OH is 1. The maximum atomic E-state index is 12.5. The molecule has 0 spiro atoms. The number of rotatable bonds is 6. The van der Waals surface area contributed by atoms with Crippen molar-refractivity contribution in [3.63, 3.8) is 0 Å². The molecule has 5 heteroatoms. The molecule has 0 unspecified atom stereocenters. The molecule has 0 aliphatic rings. The molecule has 2 aromatic rings. The Hall–Kier alpha value is -2.53. The van der Waals surface area contributed by atoms with Crippen LogP contribution in [0.15, 0.2) is 48.5 Å². The number of carbonyl (C=O) groups is 1. The van der Waals surface area contributed by atoms with Crippen molar-refractivity contribution in [2.75, 3.05) is 25.6 Å². The minimum absolute atomic E-state index is 0.101. The number of anilines is 1. The van der Waals surface area contributed by atoms with Crippen LogP contribution in [0.3, 0.4) is 0 Å². The molecule has 0 aliphatic carbocycles. The van der Waals surface area contributed by atoms with Gasteiger partial charge in [0.05, 0.1) is 20.3 Å². The second-order valence-corrected chi connectivity index (χ2v) is 5.25. The standard InChI is InChI=1S/C18H22N2O3/c1-14-7-9-16(10-8-14)19-18(22)20(11-12-21)13-15-5-3-4-6-17(15)23-2/h3-10,21H,11-13H2,1-2H3,(H,19,22). The first kappa shape index (κ1) is 16.8. The van der Waals surface area contributed by atoms with E-state index in [0.29, 0.717) is 6.54 Å². The molecule has 23 heavy (non-hydrogen) atoms. The van der Waals surface area contributed by atoms with Crippen LogP contribution in [-0.4, -0.2) is 36.3 Å². The molecule has 0 fully saturated rings. The van der Waals surface area contributed by atoms with Crippen molar-refractivity contribution < 1.29 is 14.6 Å². The highest BCUT2D eigenvalue weighted by atomic mass is 16.5. The van der Waals surface area contributed by atoms with Crippen molar-refractivity contribution in [2.45, 2.75) is 13.5 Å². The number of hydrogen-bond donors (Lipinski definition) is 2. The van der Waals surface area contributed by atoms with Crippen LogP contribution in [-0.2, 0) is 6.54 Å². The number of amides is 2. The molecule has 2 N–H and O–H groups in total. The van der Waals surface area contributed by atoms with E-state index in [1.54, 1.807) is 12.0 Å². The third-order valence-electron chi connectivity index (χ3n) is 3.51. The highest BCUT2D eigenvalue weighted by Gasteiger charge is 2.15. The molecule has 0 saturated heterocycles. The molecule has 0 bridgehead atoms. The first-order chi connectivity index (χ1) is 11.1. The Morgan fingerprint density at radius 3 is 2.52 bits per heavy atom. The van der Waals surface area contributed by atoms with Crippen molar-refractivity contribution in [1.29, 1.82) is 0 Å². The van der Waals surface area contributed by atoms with Gasteiger partial charge in [-0.2, -0.15) is 0 Å². The number of ether oxygens (including phenoxy) is 1. The molecule has 2 amide bonds. The van der Waals surface area contributed by atoms with E-state index in [1.165, 1.54) is 0 Å². The van der Waals surface area contributed by atoms with Gasteiger partial charge in [-0.1, -0.05) is 35.9 Å². The average molecular weight is 314 g/mol. The Kier molecular flexibility index (Phi) is 6.00. The van der Waals surface area contributed by atoms with Crippen molar-refractivity contribution in [1.82, 2.24) is 4.90 Å². The Morgan fingerprint density at radius 2 is 1.87 bits per heavy atom. The number of methoxy groups -OCH3 is 1. The first-order valence-corrected chi connectivity index (χ1v) is 7.49. The fourth-order valence-electron chi connectivity index (χ4n) is 2.25. The lowest BCUT2D eigenvalue weighted by Crippen LogP contribution is -2.36. The zero-order valence-electron chi connectivity index (χ0n) is 13.5. The van der Waals surface area contributed by atoms with E-state index >= 15 is 0 Å². The summed E-state index contributed by atoms with van der Waals surface area (Å²) in [6, 6.07) is 14.9. The highest BCUT2D eigenvalue weighted by molar-refractivity contribution is 5.89. The Bertz CT molecular complexity index is 641. The zero-order chi connectivity index (χ0) is 16.7. The van der Waals surface area contributed by atoms with Gasteiger partial charge in [-0.25, -0.2) is 4.79 Å². The Balaban J connectivity index is 2.10. The lowest BCUT2D eigenvalue weighted by atomic mass is 10.2. The summed E-state index contributed by atoms with van der Waals surface area (Å²) in [7, 11) is 1.60. The minimum atomic E-state index is -0.256. The minimum Gasteiger partial charge on any atom is -0.496 e. The molecular weight excluding hydrogens is 292 g/mol. The lowest BCUT2D eigenvalue weighted by molar-refractivity contribution is 0.184. The van der Waals surface area contributed by atoms with Crippen LogP contribution < -0.4 is 10.1 Å². The van der Waals surface area contributed by atoms with Gasteiger partial charge in [0.2, 0.25) is 0 Å². The summed E-state index contributed by atoms with van der Waals surface area (Å²) >= 11 is 0. The topological polar surface area (TPSA) is 61.8 Å². The molecule has 2 rings (SSSR count). The molecular formula is C18H22N2O3. The van der Waals surface area contributed by atoms with Crippen LogP contribution in [0.5, 0.6) is 5.75 Å². The third kappa shape index (κ3) is 4.72. The van der Waals surface area contributed by atoms with Crippen LogP contribution in [0, 0.1) is 6.92 Å². The van der Waals surface area contributed by atoms with E-state index in [1.807, 2.05) is 55.5 Å². The number of hydrogen-bond acceptors (Lipinski definition) is 3. The Morgan fingerprint density at radius 1 is 1.17 bits per heavy atom. The van der Waals surface area contributed by atoms with E-state index in [2.05, 4.69) is 5.32 Å². The average Bonchev–Trinajstić information content (AvgIpc) is 2.57. The quantitative estimate of drug-likeness (QED) is 0.861. The SMILES string of the molecule is COc1ccccc1CN(CCO)C(=O)Nc1ccc(C)cc1. The normalized spacial score (nSPS) is 10.2. The number of benzene rings is 2. The van der Waals surface area contributed by atoms with Crippen molar-refractivity contribution >= 4 is 11.7 Å². The van der Waals surface area contributed by atoms with Crippen LogP contribution >= 0.6 is 0 Å². The molecule has 0 aliphatic heterocycles. The van der Waals surface area contributed by atoms with E-state index in [9.17, 15) is 9.90 Å². The number of urea groups is 1. The second kappa shape index (κ2) is 8.19. The number of aliphatic hydroxyl groups is 1. The molecule has 5 nitrogen and oxygen atoms in total. The van der Waals surface area contributed by atoms with Gasteiger partial charge in [0.1, 0.15) is 5.75 Å². The van der Waals surface area contributed by atoms with E-state index in [-0.39, 0.29) is 19.2 Å². The zero-order valence-corrected chi connectivity index (χ0v) is 13.5. The maximum absolute atomic E-state index is 12.5. The monoisotopic (exact) mass is 314 g/mol. The number of nitrogens with zero attached hydrogens (tertiary/aromatic N) is 1. The third-order valence-corrected chi connectivity index (χ3v) is 3.51. The fourth-order valence-corrected chi connectivity index (χ4v) is 2.25. The van der Waals surface area contributed by atoms with Crippen LogP contribution in [0.25, 0.3) is 0 Å². The molecule has 0 atom stereocenters. The molecule has 0 radical (unpaired) electrons. The largest absolute Gasteiger partial charge is 0.496 e. The Labute approximate surface area is 136 Å². The summed E-state index contributed by atoms with van der Waals surface area (Å²) in [5.74, 6) is 0.721. The fraction of sp³-hybridized carbons (Fsp3) is 0.278. The van der Waals surface area contributed by atoms with Crippen molar-refractivity contribution in [3.8, 4) is 5.75 Å². The lowest BCUT2D eigenvalue weighted by Gasteiger charge is -2.23. The van der Waals surface area contributed by atoms with Gasteiger partial charge in [-0.3, -0.25) is 0 Å². The first-order valence-electron chi connectivity index (χ1n) is 7.49. The summed E-state index contributed by atoms with van der Waals surface area (Å²) in [4.78, 5) is 14.0. The van der Waals surface area contributed by atoms with Crippen LogP contribution in [0.2, 0.25) is 0 Å². The van der Waals surface area contributed by atoms with Gasteiger partial charge in [-0.15, -0.1) is 0 Å². The second-order valence-electron chi connectivity index (χ2n) is 5.25.